The maximum Gasteiger partial charge on any atom is 0.238 e. The SMILES string of the molecule is COc1ccc(C2CC(c3ccc(Cl)cc3)=NN2c2nc3ccc(S(N)(=O)=O)cc3s2)cc1. The molecule has 0 aliphatic carbocycles. The molecule has 168 valence electrons. The summed E-state index contributed by atoms with van der Waals surface area (Å²) in [6, 6.07) is 20.1. The van der Waals surface area contributed by atoms with E-state index < -0.39 is 10.0 Å². The molecule has 0 fully saturated rings. The van der Waals surface area contributed by atoms with Gasteiger partial charge < -0.3 is 4.74 Å². The van der Waals surface area contributed by atoms with Crippen molar-refractivity contribution in [3.05, 3.63) is 82.9 Å². The van der Waals surface area contributed by atoms with Crippen LogP contribution in [0.3, 0.4) is 0 Å². The molecule has 1 aliphatic rings. The Morgan fingerprint density at radius 3 is 2.48 bits per heavy atom. The number of hydrogen-bond acceptors (Lipinski definition) is 7. The molecular weight excluding hydrogens is 480 g/mol. The number of primary sulfonamides is 1. The molecule has 0 amide bonds. The van der Waals surface area contributed by atoms with Crippen LogP contribution >= 0.6 is 22.9 Å². The molecule has 0 spiro atoms. The molecule has 1 unspecified atom stereocenters. The number of methoxy groups -OCH3 is 1. The fourth-order valence-corrected chi connectivity index (χ4v) is 5.50. The van der Waals surface area contributed by atoms with Crippen molar-refractivity contribution in [2.45, 2.75) is 17.4 Å². The lowest BCUT2D eigenvalue weighted by atomic mass is 9.98. The Kier molecular flexibility index (Phi) is 5.57. The highest BCUT2D eigenvalue weighted by Gasteiger charge is 2.32. The summed E-state index contributed by atoms with van der Waals surface area (Å²) in [4.78, 5) is 4.78. The Labute approximate surface area is 200 Å². The van der Waals surface area contributed by atoms with Gasteiger partial charge in [0.05, 0.1) is 34.0 Å². The van der Waals surface area contributed by atoms with Crippen LogP contribution in [-0.4, -0.2) is 26.2 Å². The zero-order valence-corrected chi connectivity index (χ0v) is 19.9. The Balaban J connectivity index is 1.58. The van der Waals surface area contributed by atoms with E-state index in [9.17, 15) is 8.42 Å². The maximum atomic E-state index is 11.8. The summed E-state index contributed by atoms with van der Waals surface area (Å²) >= 11 is 7.44. The number of nitrogens with two attached hydrogens (primary N) is 1. The smallest absolute Gasteiger partial charge is 0.238 e. The fourth-order valence-electron chi connectivity index (χ4n) is 3.76. The van der Waals surface area contributed by atoms with Crippen LogP contribution in [0, 0.1) is 0 Å². The lowest BCUT2D eigenvalue weighted by Crippen LogP contribution is -2.18. The van der Waals surface area contributed by atoms with E-state index in [1.54, 1.807) is 19.2 Å². The number of hydrazone groups is 1. The number of rotatable bonds is 5. The lowest BCUT2D eigenvalue weighted by molar-refractivity contribution is 0.414. The van der Waals surface area contributed by atoms with Crippen molar-refractivity contribution in [3.63, 3.8) is 0 Å². The van der Waals surface area contributed by atoms with Crippen LogP contribution in [0.1, 0.15) is 23.6 Å². The van der Waals surface area contributed by atoms with Crippen LogP contribution < -0.4 is 14.9 Å². The van der Waals surface area contributed by atoms with E-state index >= 15 is 0 Å². The highest BCUT2D eigenvalue weighted by molar-refractivity contribution is 7.89. The quantitative estimate of drug-likeness (QED) is 0.419. The lowest BCUT2D eigenvalue weighted by Gasteiger charge is -2.21. The zero-order valence-electron chi connectivity index (χ0n) is 17.5. The van der Waals surface area contributed by atoms with E-state index in [2.05, 4.69) is 0 Å². The number of thiazole rings is 1. The number of halogens is 1. The minimum absolute atomic E-state index is 0.0590. The molecule has 1 atom stereocenters. The Morgan fingerprint density at radius 2 is 1.82 bits per heavy atom. The molecule has 7 nitrogen and oxygen atoms in total. The number of benzene rings is 3. The predicted octanol–water partition coefficient (Wildman–Crippen LogP) is 4.96. The van der Waals surface area contributed by atoms with E-state index in [1.807, 2.05) is 53.5 Å². The van der Waals surface area contributed by atoms with Crippen molar-refractivity contribution >= 4 is 54.0 Å². The van der Waals surface area contributed by atoms with E-state index in [0.29, 0.717) is 22.1 Å². The molecule has 1 aliphatic heterocycles. The van der Waals surface area contributed by atoms with Crippen LogP contribution in [0.4, 0.5) is 5.13 Å². The van der Waals surface area contributed by atoms with E-state index in [-0.39, 0.29) is 10.9 Å². The second-order valence-corrected chi connectivity index (χ2v) is 10.6. The number of ether oxygens (including phenoxy) is 1. The second-order valence-electron chi connectivity index (χ2n) is 7.56. The molecule has 0 bridgehead atoms. The van der Waals surface area contributed by atoms with Gasteiger partial charge in [-0.25, -0.2) is 23.5 Å². The van der Waals surface area contributed by atoms with Gasteiger partial charge in [-0.3, -0.25) is 0 Å². The van der Waals surface area contributed by atoms with Gasteiger partial charge in [-0.2, -0.15) is 5.10 Å². The summed E-state index contributed by atoms with van der Waals surface area (Å²) in [5, 5.41) is 13.4. The summed E-state index contributed by atoms with van der Waals surface area (Å²) < 4.78 is 29.5. The monoisotopic (exact) mass is 498 g/mol. The molecule has 0 saturated carbocycles. The first-order chi connectivity index (χ1) is 15.8. The third kappa shape index (κ3) is 4.32. The molecular formula is C23H19ClN4O3S2. The summed E-state index contributed by atoms with van der Waals surface area (Å²) in [6.07, 6.45) is 0.673. The Morgan fingerprint density at radius 1 is 1.09 bits per heavy atom. The molecule has 2 heterocycles. The van der Waals surface area contributed by atoms with Gasteiger partial charge in [0, 0.05) is 11.4 Å². The second kappa shape index (κ2) is 8.42. The van der Waals surface area contributed by atoms with Crippen molar-refractivity contribution in [2.75, 3.05) is 12.1 Å². The highest BCUT2D eigenvalue weighted by atomic mass is 35.5. The summed E-state index contributed by atoms with van der Waals surface area (Å²) in [5.74, 6) is 0.776. The van der Waals surface area contributed by atoms with Crippen molar-refractivity contribution in [1.82, 2.24) is 4.98 Å². The summed E-state index contributed by atoms with van der Waals surface area (Å²) in [7, 11) is -2.16. The molecule has 0 radical (unpaired) electrons. The molecule has 3 aromatic carbocycles. The molecule has 5 rings (SSSR count). The number of fused-ring (bicyclic) bond motifs is 1. The van der Waals surface area contributed by atoms with E-state index in [0.717, 1.165) is 27.3 Å². The van der Waals surface area contributed by atoms with Gasteiger partial charge in [-0.05, 0) is 53.6 Å². The van der Waals surface area contributed by atoms with Gasteiger partial charge in [-0.15, -0.1) is 0 Å². The van der Waals surface area contributed by atoms with Crippen LogP contribution in [0.2, 0.25) is 5.02 Å². The van der Waals surface area contributed by atoms with Crippen molar-refractivity contribution in [3.8, 4) is 5.75 Å². The molecule has 0 saturated heterocycles. The predicted molar refractivity (Wildman–Crippen MR) is 132 cm³/mol. The highest BCUT2D eigenvalue weighted by Crippen LogP contribution is 2.40. The first kappa shape index (κ1) is 21.8. The minimum Gasteiger partial charge on any atom is -0.497 e. The van der Waals surface area contributed by atoms with Gasteiger partial charge in [-0.1, -0.05) is 47.2 Å². The number of hydrogen-bond donors (Lipinski definition) is 1. The number of nitrogens with zero attached hydrogens (tertiary/aromatic N) is 3. The van der Waals surface area contributed by atoms with Crippen LogP contribution in [-0.2, 0) is 10.0 Å². The Bertz CT molecular complexity index is 1470. The van der Waals surface area contributed by atoms with Crippen molar-refractivity contribution in [2.24, 2.45) is 10.2 Å². The van der Waals surface area contributed by atoms with E-state index in [1.165, 1.54) is 17.4 Å². The van der Waals surface area contributed by atoms with Gasteiger partial charge in [0.2, 0.25) is 15.2 Å². The number of aromatic nitrogens is 1. The van der Waals surface area contributed by atoms with Crippen LogP contribution in [0.15, 0.2) is 76.7 Å². The van der Waals surface area contributed by atoms with Gasteiger partial charge >= 0.3 is 0 Å². The van der Waals surface area contributed by atoms with Gasteiger partial charge in [0.15, 0.2) is 0 Å². The van der Waals surface area contributed by atoms with Crippen molar-refractivity contribution < 1.29 is 13.2 Å². The normalized spacial score (nSPS) is 16.3. The first-order valence-electron chi connectivity index (χ1n) is 10.0. The van der Waals surface area contributed by atoms with Crippen LogP contribution in [0.5, 0.6) is 5.75 Å². The number of sulfonamides is 1. The maximum absolute atomic E-state index is 11.8. The largest absolute Gasteiger partial charge is 0.497 e. The average molecular weight is 499 g/mol. The van der Waals surface area contributed by atoms with Gasteiger partial charge in [0.25, 0.3) is 0 Å². The molecule has 1 aromatic heterocycles. The summed E-state index contributed by atoms with van der Waals surface area (Å²) in [6.45, 7) is 0. The van der Waals surface area contributed by atoms with Crippen LogP contribution in [0.25, 0.3) is 10.2 Å². The third-order valence-corrected chi connectivity index (χ3v) is 7.63. The third-order valence-electron chi connectivity index (χ3n) is 5.46. The standard InChI is InChI=1S/C23H19ClN4O3S2/c1-31-17-8-4-15(5-9-17)21-13-20(14-2-6-16(24)7-3-14)27-28(21)23-26-19-11-10-18(33(25,29)30)12-22(19)32-23/h2-12,21H,13H2,1H3,(H2,25,29,30). The fraction of sp³-hybridized carbons (Fsp3) is 0.130. The molecule has 33 heavy (non-hydrogen) atoms. The first-order valence-corrected chi connectivity index (χ1v) is 12.8. The van der Waals surface area contributed by atoms with Gasteiger partial charge in [0.1, 0.15) is 5.75 Å². The van der Waals surface area contributed by atoms with Crippen molar-refractivity contribution in [1.29, 1.82) is 0 Å². The van der Waals surface area contributed by atoms with E-state index in [4.69, 9.17) is 31.6 Å². The molecule has 10 heteroatoms. The number of anilines is 1. The molecule has 2 N–H and O–H groups in total. The zero-order chi connectivity index (χ0) is 23.2. The minimum atomic E-state index is -3.80. The molecule has 4 aromatic rings. The Hall–Kier alpha value is -2.98. The summed E-state index contributed by atoms with van der Waals surface area (Å²) in [5.41, 5.74) is 3.65. The average Bonchev–Trinajstić information content (AvgIpc) is 3.43. The topological polar surface area (TPSA) is 97.9 Å².